The Kier molecular flexibility index (Phi) is 7.14. The van der Waals surface area contributed by atoms with Gasteiger partial charge in [0.25, 0.3) is 0 Å². The lowest BCUT2D eigenvalue weighted by atomic mass is 10.1. The molecule has 2 aromatic heterocycles. The van der Waals surface area contributed by atoms with E-state index in [4.69, 9.17) is 4.42 Å². The molecule has 0 unspecified atom stereocenters. The maximum absolute atomic E-state index is 13.0. The first-order valence-corrected chi connectivity index (χ1v) is 12.4. The summed E-state index contributed by atoms with van der Waals surface area (Å²) < 4.78 is 44.5. The van der Waals surface area contributed by atoms with Crippen molar-refractivity contribution < 1.29 is 32.0 Å². The number of hydrogen-bond acceptors (Lipinski definition) is 4. The molecule has 1 aliphatic rings. The van der Waals surface area contributed by atoms with Gasteiger partial charge in [0.1, 0.15) is 11.5 Å². The molecule has 0 bridgehead atoms. The SMILES string of the molecule is O=C(NCc1ccc(-c2cccc(C(F)(F)F)c2)o1)C(=O)N1CCN(C(=O)Cc2c[nH]c3ccccc23)CC1. The molecule has 0 atom stereocenters. The molecule has 8 nitrogen and oxygen atoms in total. The topological polar surface area (TPSA) is 98.7 Å². The molecular weight excluding hydrogens is 513 g/mol. The Morgan fingerprint density at radius 1 is 0.923 bits per heavy atom. The van der Waals surface area contributed by atoms with Crippen LogP contribution in [0.25, 0.3) is 22.2 Å². The molecule has 39 heavy (non-hydrogen) atoms. The molecule has 1 fully saturated rings. The number of halogens is 3. The standard InChI is InChI=1S/C28H25F3N4O4/c29-28(30,31)20-5-3-4-18(14-20)24-9-8-21(39-24)17-33-26(37)27(38)35-12-10-34(11-13-35)25(36)15-19-16-32-23-7-2-1-6-22(19)23/h1-9,14,16,32H,10-13,15,17H2,(H,33,37). The number of aromatic amines is 1. The first-order valence-electron chi connectivity index (χ1n) is 12.4. The van der Waals surface area contributed by atoms with Gasteiger partial charge >= 0.3 is 18.0 Å². The molecule has 0 saturated carbocycles. The van der Waals surface area contributed by atoms with Crippen LogP contribution in [0, 0.1) is 0 Å². The second-order valence-corrected chi connectivity index (χ2v) is 9.24. The van der Waals surface area contributed by atoms with Gasteiger partial charge in [0.05, 0.1) is 18.5 Å². The van der Waals surface area contributed by atoms with Crippen molar-refractivity contribution in [2.75, 3.05) is 26.2 Å². The van der Waals surface area contributed by atoms with Gasteiger partial charge in [0, 0.05) is 48.8 Å². The average molecular weight is 539 g/mol. The van der Waals surface area contributed by atoms with E-state index in [9.17, 15) is 27.6 Å². The third-order valence-electron chi connectivity index (χ3n) is 6.69. The number of hydrogen-bond donors (Lipinski definition) is 2. The zero-order valence-electron chi connectivity index (χ0n) is 20.8. The smallest absolute Gasteiger partial charge is 0.416 e. The molecule has 1 saturated heterocycles. The molecule has 0 spiro atoms. The monoisotopic (exact) mass is 538 g/mol. The van der Waals surface area contributed by atoms with Crippen molar-refractivity contribution in [3.63, 3.8) is 0 Å². The average Bonchev–Trinajstić information content (AvgIpc) is 3.58. The van der Waals surface area contributed by atoms with Crippen molar-refractivity contribution in [3.8, 4) is 11.3 Å². The zero-order valence-corrected chi connectivity index (χ0v) is 20.8. The summed E-state index contributed by atoms with van der Waals surface area (Å²) in [5.74, 6) is -1.10. The summed E-state index contributed by atoms with van der Waals surface area (Å²) >= 11 is 0. The molecule has 3 heterocycles. The molecule has 202 valence electrons. The molecule has 2 aromatic carbocycles. The van der Waals surface area contributed by atoms with Crippen LogP contribution in [0.1, 0.15) is 16.9 Å². The van der Waals surface area contributed by atoms with Crippen molar-refractivity contribution in [1.29, 1.82) is 0 Å². The van der Waals surface area contributed by atoms with E-state index in [0.29, 0.717) is 13.1 Å². The number of aromatic nitrogens is 1. The van der Waals surface area contributed by atoms with Gasteiger partial charge in [-0.1, -0.05) is 30.3 Å². The summed E-state index contributed by atoms with van der Waals surface area (Å²) in [6, 6.07) is 15.5. The zero-order chi connectivity index (χ0) is 27.6. The highest BCUT2D eigenvalue weighted by atomic mass is 19.4. The molecule has 1 aliphatic heterocycles. The molecule has 4 aromatic rings. The van der Waals surface area contributed by atoms with E-state index in [1.165, 1.54) is 29.2 Å². The van der Waals surface area contributed by atoms with Crippen LogP contribution in [0.2, 0.25) is 0 Å². The number of fused-ring (bicyclic) bond motifs is 1. The van der Waals surface area contributed by atoms with Crippen molar-refractivity contribution >= 4 is 28.6 Å². The van der Waals surface area contributed by atoms with E-state index in [0.717, 1.165) is 28.6 Å². The number of alkyl halides is 3. The van der Waals surface area contributed by atoms with E-state index < -0.39 is 23.6 Å². The normalized spacial score (nSPS) is 14.0. The summed E-state index contributed by atoms with van der Waals surface area (Å²) in [7, 11) is 0. The second kappa shape index (κ2) is 10.7. The highest BCUT2D eigenvalue weighted by Gasteiger charge is 2.31. The van der Waals surface area contributed by atoms with Crippen LogP contribution in [0.5, 0.6) is 0 Å². The number of piperazine rings is 1. The maximum atomic E-state index is 13.0. The summed E-state index contributed by atoms with van der Waals surface area (Å²) in [5.41, 5.74) is 1.32. The van der Waals surface area contributed by atoms with E-state index in [2.05, 4.69) is 10.3 Å². The van der Waals surface area contributed by atoms with Crippen LogP contribution >= 0.6 is 0 Å². The van der Waals surface area contributed by atoms with E-state index >= 15 is 0 Å². The van der Waals surface area contributed by atoms with Gasteiger partial charge in [-0.3, -0.25) is 14.4 Å². The van der Waals surface area contributed by atoms with Crippen molar-refractivity contribution in [3.05, 3.63) is 83.7 Å². The molecular formula is C28H25F3N4O4. The summed E-state index contributed by atoms with van der Waals surface area (Å²) in [4.78, 5) is 44.1. The second-order valence-electron chi connectivity index (χ2n) is 9.24. The van der Waals surface area contributed by atoms with E-state index in [-0.39, 0.29) is 49.0 Å². The molecule has 2 N–H and O–H groups in total. The highest BCUT2D eigenvalue weighted by Crippen LogP contribution is 2.32. The van der Waals surface area contributed by atoms with Gasteiger partial charge in [0.2, 0.25) is 5.91 Å². The Morgan fingerprint density at radius 2 is 1.67 bits per heavy atom. The van der Waals surface area contributed by atoms with Crippen LogP contribution in [-0.2, 0) is 33.5 Å². The number of nitrogens with zero attached hydrogens (tertiary/aromatic N) is 2. The minimum atomic E-state index is -4.48. The molecule has 0 radical (unpaired) electrons. The third kappa shape index (κ3) is 5.82. The number of rotatable bonds is 5. The Labute approximate surface area is 221 Å². The number of carbonyl (C=O) groups excluding carboxylic acids is 3. The maximum Gasteiger partial charge on any atom is 0.416 e. The number of para-hydroxylation sites is 1. The van der Waals surface area contributed by atoms with Crippen molar-refractivity contribution in [2.45, 2.75) is 19.1 Å². The summed E-state index contributed by atoms with van der Waals surface area (Å²) in [5, 5.41) is 3.48. The van der Waals surface area contributed by atoms with Gasteiger partial charge in [-0.05, 0) is 35.9 Å². The quantitative estimate of drug-likeness (QED) is 0.376. The van der Waals surface area contributed by atoms with Crippen LogP contribution in [-0.4, -0.2) is 58.7 Å². The number of H-pyrrole nitrogens is 1. The Bertz CT molecular complexity index is 1520. The summed E-state index contributed by atoms with van der Waals surface area (Å²) in [6.07, 6.45) is -2.41. The predicted octanol–water partition coefficient (Wildman–Crippen LogP) is 3.98. The minimum Gasteiger partial charge on any atom is -0.459 e. The first kappa shape index (κ1) is 26.1. The van der Waals surface area contributed by atoms with Crippen LogP contribution in [0.3, 0.4) is 0 Å². The van der Waals surface area contributed by atoms with E-state index in [1.807, 2.05) is 30.5 Å². The van der Waals surface area contributed by atoms with Gasteiger partial charge in [-0.25, -0.2) is 0 Å². The number of furan rings is 1. The molecule has 0 aliphatic carbocycles. The Hall–Kier alpha value is -4.54. The number of benzene rings is 2. The fourth-order valence-corrected chi connectivity index (χ4v) is 4.58. The van der Waals surface area contributed by atoms with E-state index in [1.54, 1.807) is 4.90 Å². The van der Waals surface area contributed by atoms with Crippen molar-refractivity contribution in [1.82, 2.24) is 20.1 Å². The van der Waals surface area contributed by atoms with Gasteiger partial charge in [-0.15, -0.1) is 0 Å². The summed E-state index contributed by atoms with van der Waals surface area (Å²) in [6.45, 7) is 0.989. The largest absolute Gasteiger partial charge is 0.459 e. The van der Waals surface area contributed by atoms with Crippen LogP contribution < -0.4 is 5.32 Å². The Balaban J connectivity index is 1.10. The Morgan fingerprint density at radius 3 is 2.44 bits per heavy atom. The lowest BCUT2D eigenvalue weighted by Gasteiger charge is -2.34. The van der Waals surface area contributed by atoms with Crippen LogP contribution in [0.4, 0.5) is 13.2 Å². The van der Waals surface area contributed by atoms with Gasteiger partial charge < -0.3 is 24.5 Å². The first-order chi connectivity index (χ1) is 18.7. The van der Waals surface area contributed by atoms with Crippen molar-refractivity contribution in [2.24, 2.45) is 0 Å². The number of nitrogens with one attached hydrogen (secondary N) is 2. The van der Waals surface area contributed by atoms with Crippen LogP contribution in [0.15, 0.2) is 71.3 Å². The fraction of sp³-hybridized carbons (Fsp3) is 0.250. The lowest BCUT2D eigenvalue weighted by Crippen LogP contribution is -2.54. The lowest BCUT2D eigenvalue weighted by molar-refractivity contribution is -0.148. The minimum absolute atomic E-state index is 0.0503. The molecule has 11 heteroatoms. The number of carbonyl (C=O) groups is 3. The number of amides is 3. The molecule has 5 rings (SSSR count). The van der Waals surface area contributed by atoms with Gasteiger partial charge in [0.15, 0.2) is 0 Å². The third-order valence-corrected chi connectivity index (χ3v) is 6.69. The predicted molar refractivity (Wildman–Crippen MR) is 136 cm³/mol. The highest BCUT2D eigenvalue weighted by molar-refractivity contribution is 6.35. The fourth-order valence-electron chi connectivity index (χ4n) is 4.58. The van der Waals surface area contributed by atoms with Gasteiger partial charge in [-0.2, -0.15) is 13.2 Å². The molecule has 3 amide bonds.